The van der Waals surface area contributed by atoms with Gasteiger partial charge in [-0.05, 0) is 64.0 Å². The third-order valence-corrected chi connectivity index (χ3v) is 5.10. The number of benzene rings is 1. The zero-order chi connectivity index (χ0) is 18.9. The standard InChI is InChI=1S/C19H26FN3O3/c1-19(2,3)26-18(25)21-16-12-9-8-11(10-12)15(16)17(24)23-22-14-7-5-4-6-13(14)20/h4-7,11-12,15-16,22H,8-10H2,1-3H3,(H,21,25)(H,23,24)/t11-,12-,15+,16-/m0/s1. The van der Waals surface area contributed by atoms with Crippen LogP contribution in [0.25, 0.3) is 0 Å². The van der Waals surface area contributed by atoms with E-state index in [0.717, 1.165) is 19.3 Å². The monoisotopic (exact) mass is 363 g/mol. The van der Waals surface area contributed by atoms with Gasteiger partial charge in [-0.15, -0.1) is 0 Å². The summed E-state index contributed by atoms with van der Waals surface area (Å²) >= 11 is 0. The predicted molar refractivity (Wildman–Crippen MR) is 95.6 cm³/mol. The highest BCUT2D eigenvalue weighted by atomic mass is 19.1. The van der Waals surface area contributed by atoms with Crippen LogP contribution in [0.15, 0.2) is 24.3 Å². The molecule has 2 bridgehead atoms. The third-order valence-electron chi connectivity index (χ3n) is 5.10. The number of amides is 2. The Bertz CT molecular complexity index is 689. The van der Waals surface area contributed by atoms with Crippen molar-refractivity contribution in [2.45, 2.75) is 51.7 Å². The quantitative estimate of drug-likeness (QED) is 0.718. The number of fused-ring (bicyclic) bond motifs is 2. The number of hydrogen-bond donors (Lipinski definition) is 3. The lowest BCUT2D eigenvalue weighted by atomic mass is 9.84. The highest BCUT2D eigenvalue weighted by molar-refractivity contribution is 5.82. The molecule has 142 valence electrons. The number of carbonyl (C=O) groups excluding carboxylic acids is 2. The van der Waals surface area contributed by atoms with Gasteiger partial charge in [-0.25, -0.2) is 9.18 Å². The summed E-state index contributed by atoms with van der Waals surface area (Å²) in [6.07, 6.45) is 2.37. The Morgan fingerprint density at radius 3 is 2.54 bits per heavy atom. The molecule has 0 unspecified atom stereocenters. The van der Waals surface area contributed by atoms with Crippen LogP contribution in [-0.2, 0) is 9.53 Å². The van der Waals surface area contributed by atoms with Crippen LogP contribution in [0.1, 0.15) is 40.0 Å². The summed E-state index contributed by atoms with van der Waals surface area (Å²) in [7, 11) is 0. The molecule has 2 saturated carbocycles. The van der Waals surface area contributed by atoms with E-state index in [1.54, 1.807) is 39.0 Å². The van der Waals surface area contributed by atoms with Crippen LogP contribution < -0.4 is 16.2 Å². The van der Waals surface area contributed by atoms with Gasteiger partial charge in [0.05, 0.1) is 11.6 Å². The molecule has 6 nitrogen and oxygen atoms in total. The Morgan fingerprint density at radius 1 is 1.15 bits per heavy atom. The summed E-state index contributed by atoms with van der Waals surface area (Å²) in [5, 5.41) is 2.88. The number of hydrazine groups is 1. The van der Waals surface area contributed by atoms with Crippen molar-refractivity contribution in [2.24, 2.45) is 17.8 Å². The summed E-state index contributed by atoms with van der Waals surface area (Å²) in [5.74, 6) is -0.523. The van der Waals surface area contributed by atoms with E-state index in [0.29, 0.717) is 0 Å². The molecule has 1 aromatic carbocycles. The number of halogens is 1. The van der Waals surface area contributed by atoms with E-state index in [-0.39, 0.29) is 35.4 Å². The van der Waals surface area contributed by atoms with Gasteiger partial charge in [0.2, 0.25) is 5.91 Å². The molecule has 2 aliphatic carbocycles. The molecule has 0 radical (unpaired) electrons. The Labute approximate surface area is 152 Å². The fourth-order valence-electron chi connectivity index (χ4n) is 4.09. The third kappa shape index (κ3) is 4.08. The molecule has 1 aromatic rings. The lowest BCUT2D eigenvalue weighted by Crippen LogP contribution is -2.51. The van der Waals surface area contributed by atoms with Crippen molar-refractivity contribution in [1.29, 1.82) is 0 Å². The summed E-state index contributed by atoms with van der Waals surface area (Å²) in [4.78, 5) is 24.9. The highest BCUT2D eigenvalue weighted by Crippen LogP contribution is 2.48. The lowest BCUT2D eigenvalue weighted by molar-refractivity contribution is -0.126. The van der Waals surface area contributed by atoms with Crippen LogP contribution in [0.2, 0.25) is 0 Å². The van der Waals surface area contributed by atoms with E-state index in [2.05, 4.69) is 16.2 Å². The first-order valence-electron chi connectivity index (χ1n) is 9.04. The van der Waals surface area contributed by atoms with Crippen molar-refractivity contribution in [3.63, 3.8) is 0 Å². The summed E-state index contributed by atoms with van der Waals surface area (Å²) in [5.41, 5.74) is 4.86. The van der Waals surface area contributed by atoms with E-state index in [9.17, 15) is 14.0 Å². The average molecular weight is 363 g/mol. The minimum atomic E-state index is -0.591. The van der Waals surface area contributed by atoms with Gasteiger partial charge in [-0.1, -0.05) is 12.1 Å². The Hall–Kier alpha value is -2.31. The summed E-state index contributed by atoms with van der Waals surface area (Å²) < 4.78 is 19.0. The molecule has 0 aromatic heterocycles. The number of ether oxygens (including phenoxy) is 1. The predicted octanol–water partition coefficient (Wildman–Crippen LogP) is 3.21. The van der Waals surface area contributed by atoms with Crippen LogP contribution in [0, 0.1) is 23.6 Å². The molecule has 26 heavy (non-hydrogen) atoms. The molecule has 0 aliphatic heterocycles. The van der Waals surface area contributed by atoms with Crippen LogP contribution in [0.5, 0.6) is 0 Å². The fraction of sp³-hybridized carbons (Fsp3) is 0.579. The van der Waals surface area contributed by atoms with Crippen molar-refractivity contribution in [3.05, 3.63) is 30.1 Å². The van der Waals surface area contributed by atoms with Gasteiger partial charge < -0.3 is 10.1 Å². The maximum atomic E-state index is 13.7. The van der Waals surface area contributed by atoms with E-state index >= 15 is 0 Å². The molecule has 0 saturated heterocycles. The van der Waals surface area contributed by atoms with Gasteiger partial charge in [0.1, 0.15) is 11.4 Å². The van der Waals surface area contributed by atoms with Gasteiger partial charge in [-0.2, -0.15) is 0 Å². The van der Waals surface area contributed by atoms with Crippen molar-refractivity contribution >= 4 is 17.7 Å². The fourth-order valence-corrected chi connectivity index (χ4v) is 4.09. The molecule has 3 N–H and O–H groups in total. The molecule has 4 atom stereocenters. The topological polar surface area (TPSA) is 79.5 Å². The molecule has 3 rings (SSSR count). The van der Waals surface area contributed by atoms with E-state index < -0.39 is 17.5 Å². The molecular weight excluding hydrogens is 337 g/mol. The summed E-state index contributed by atoms with van der Waals surface area (Å²) in [6, 6.07) is 5.87. The first-order chi connectivity index (χ1) is 12.2. The van der Waals surface area contributed by atoms with Gasteiger partial charge in [0.25, 0.3) is 0 Å². The molecule has 2 fully saturated rings. The second-order valence-electron chi connectivity index (χ2n) is 8.13. The zero-order valence-corrected chi connectivity index (χ0v) is 15.3. The Kier molecular flexibility index (Phi) is 5.07. The number of alkyl carbamates (subject to hydrolysis) is 1. The normalized spacial score (nSPS) is 27.1. The molecule has 2 aliphatic rings. The van der Waals surface area contributed by atoms with Crippen LogP contribution in [-0.4, -0.2) is 23.6 Å². The second-order valence-corrected chi connectivity index (χ2v) is 8.13. The van der Waals surface area contributed by atoms with Crippen molar-refractivity contribution in [2.75, 3.05) is 5.43 Å². The number of anilines is 1. The lowest BCUT2D eigenvalue weighted by Gasteiger charge is -2.31. The van der Waals surface area contributed by atoms with E-state index in [1.807, 2.05) is 0 Å². The Balaban J connectivity index is 1.63. The maximum Gasteiger partial charge on any atom is 0.407 e. The molecule has 7 heteroatoms. The molecule has 0 heterocycles. The highest BCUT2D eigenvalue weighted by Gasteiger charge is 2.51. The van der Waals surface area contributed by atoms with E-state index in [1.165, 1.54) is 6.07 Å². The van der Waals surface area contributed by atoms with Gasteiger partial charge in [0.15, 0.2) is 0 Å². The largest absolute Gasteiger partial charge is 0.444 e. The van der Waals surface area contributed by atoms with Crippen LogP contribution >= 0.6 is 0 Å². The zero-order valence-electron chi connectivity index (χ0n) is 15.3. The van der Waals surface area contributed by atoms with Crippen molar-refractivity contribution in [1.82, 2.24) is 10.7 Å². The number of carbonyl (C=O) groups is 2. The first kappa shape index (κ1) is 18.5. The van der Waals surface area contributed by atoms with E-state index in [4.69, 9.17) is 4.74 Å². The minimum absolute atomic E-state index is 0.209. The van der Waals surface area contributed by atoms with Crippen LogP contribution in [0.3, 0.4) is 0 Å². The smallest absolute Gasteiger partial charge is 0.407 e. The van der Waals surface area contributed by atoms with Crippen molar-refractivity contribution in [3.8, 4) is 0 Å². The minimum Gasteiger partial charge on any atom is -0.444 e. The molecular formula is C19H26FN3O3. The van der Waals surface area contributed by atoms with Gasteiger partial charge in [0, 0.05) is 6.04 Å². The van der Waals surface area contributed by atoms with Gasteiger partial charge in [-0.3, -0.25) is 15.6 Å². The van der Waals surface area contributed by atoms with Gasteiger partial charge >= 0.3 is 6.09 Å². The Morgan fingerprint density at radius 2 is 1.85 bits per heavy atom. The second kappa shape index (κ2) is 7.13. The first-order valence-corrected chi connectivity index (χ1v) is 9.04. The molecule has 0 spiro atoms. The summed E-state index contributed by atoms with van der Waals surface area (Å²) in [6.45, 7) is 5.40. The molecule has 2 amide bonds. The average Bonchev–Trinajstić information content (AvgIpc) is 3.13. The SMILES string of the molecule is CC(C)(C)OC(=O)N[C@H]1[C@H]2CC[C@@H](C2)[C@H]1C(=O)NNc1ccccc1F. The number of para-hydroxylation sites is 1. The number of nitrogens with one attached hydrogen (secondary N) is 3. The number of hydrogen-bond acceptors (Lipinski definition) is 4. The van der Waals surface area contributed by atoms with Crippen LogP contribution in [0.4, 0.5) is 14.9 Å². The van der Waals surface area contributed by atoms with Crippen molar-refractivity contribution < 1.29 is 18.7 Å². The number of rotatable bonds is 4. The maximum absolute atomic E-state index is 13.7.